The van der Waals surface area contributed by atoms with Gasteiger partial charge in [-0.05, 0) is 0 Å². The molecule has 1 amide bonds. The molecule has 0 bridgehead atoms. The van der Waals surface area contributed by atoms with Crippen molar-refractivity contribution < 1.29 is 24.1 Å². The first-order valence-corrected chi connectivity index (χ1v) is 5.87. The molecule has 19 heavy (non-hydrogen) atoms. The van der Waals surface area contributed by atoms with Crippen molar-refractivity contribution in [3.8, 4) is 0 Å². The van der Waals surface area contributed by atoms with Gasteiger partial charge in [0.1, 0.15) is 37.5 Å². The number of rotatable bonds is 4. The predicted molar refractivity (Wildman–Crippen MR) is 58.9 cm³/mol. The van der Waals surface area contributed by atoms with Crippen LogP contribution in [0, 0.1) is 0 Å². The Kier molecular flexibility index (Phi) is 3.19. The zero-order chi connectivity index (χ0) is 13.4. The number of aliphatic hydroxyl groups excluding tert-OH is 1. The zero-order valence-corrected chi connectivity index (χ0v) is 10.0. The summed E-state index contributed by atoms with van der Waals surface area (Å²) in [6, 6.07) is 0. The minimum Gasteiger partial charge on any atom is -0.388 e. The molecule has 104 valence electrons. The van der Waals surface area contributed by atoms with Gasteiger partial charge in [-0.3, -0.25) is 4.79 Å². The van der Waals surface area contributed by atoms with Crippen LogP contribution in [0.4, 0.5) is 0 Å². The molecule has 9 nitrogen and oxygen atoms in total. The van der Waals surface area contributed by atoms with Crippen LogP contribution in [-0.4, -0.2) is 63.4 Å². The number of nitrogens with zero attached hydrogens (tertiary/aromatic N) is 3. The van der Waals surface area contributed by atoms with E-state index in [1.165, 1.54) is 11.0 Å². The molecule has 0 saturated carbocycles. The van der Waals surface area contributed by atoms with E-state index in [-0.39, 0.29) is 37.5 Å². The van der Waals surface area contributed by atoms with E-state index in [0.29, 0.717) is 6.61 Å². The molecule has 3 N–H and O–H groups in total. The van der Waals surface area contributed by atoms with Crippen molar-refractivity contribution in [1.82, 2.24) is 14.8 Å². The maximum absolute atomic E-state index is 11.1. The van der Waals surface area contributed by atoms with E-state index in [1.54, 1.807) is 0 Å². The molecule has 2 saturated heterocycles. The van der Waals surface area contributed by atoms with Gasteiger partial charge in [-0.2, -0.15) is 5.10 Å². The predicted octanol–water partition coefficient (Wildman–Crippen LogP) is -2.12. The van der Waals surface area contributed by atoms with E-state index in [2.05, 4.69) is 10.1 Å². The fraction of sp³-hybridized carbons (Fsp3) is 0.700. The Hall–Kier alpha value is -1.55. The largest absolute Gasteiger partial charge is 0.388 e. The third-order valence-electron chi connectivity index (χ3n) is 3.23. The number of amides is 1. The highest BCUT2D eigenvalue weighted by Gasteiger charge is 2.47. The van der Waals surface area contributed by atoms with E-state index >= 15 is 0 Å². The summed E-state index contributed by atoms with van der Waals surface area (Å²) < 4.78 is 17.7. The SMILES string of the molecule is NC(=O)c1ncnn1CO[C@@H]1CO[C@H]2[C@@H]1OC[C@@H]2O. The molecule has 4 atom stereocenters. The van der Waals surface area contributed by atoms with Gasteiger partial charge in [0.15, 0.2) is 0 Å². The monoisotopic (exact) mass is 270 g/mol. The minimum absolute atomic E-state index is 0.0228. The van der Waals surface area contributed by atoms with E-state index < -0.39 is 12.0 Å². The average molecular weight is 270 g/mol. The Morgan fingerprint density at radius 3 is 3.11 bits per heavy atom. The summed E-state index contributed by atoms with van der Waals surface area (Å²) in [6.07, 6.45) is -0.349. The molecular weight excluding hydrogens is 256 g/mol. The van der Waals surface area contributed by atoms with Crippen molar-refractivity contribution in [2.45, 2.75) is 31.1 Å². The number of primary amides is 1. The van der Waals surface area contributed by atoms with Gasteiger partial charge in [-0.15, -0.1) is 0 Å². The lowest BCUT2D eigenvalue weighted by Gasteiger charge is -2.16. The molecule has 3 rings (SSSR count). The third-order valence-corrected chi connectivity index (χ3v) is 3.23. The maximum Gasteiger partial charge on any atom is 0.286 e. The fourth-order valence-electron chi connectivity index (χ4n) is 2.30. The average Bonchev–Trinajstić information content (AvgIpc) is 3.05. The number of hydrogen-bond donors (Lipinski definition) is 2. The van der Waals surface area contributed by atoms with Gasteiger partial charge in [-0.25, -0.2) is 9.67 Å². The van der Waals surface area contributed by atoms with Crippen LogP contribution in [0.2, 0.25) is 0 Å². The number of carbonyl (C=O) groups excluding carboxylic acids is 1. The van der Waals surface area contributed by atoms with E-state index in [9.17, 15) is 9.90 Å². The molecule has 0 aliphatic carbocycles. The van der Waals surface area contributed by atoms with Crippen LogP contribution in [0.15, 0.2) is 6.33 Å². The second kappa shape index (κ2) is 4.85. The first kappa shape index (κ1) is 12.5. The maximum atomic E-state index is 11.1. The summed E-state index contributed by atoms with van der Waals surface area (Å²) in [5, 5.41) is 13.4. The molecule has 0 spiro atoms. The van der Waals surface area contributed by atoms with Gasteiger partial charge >= 0.3 is 0 Å². The lowest BCUT2D eigenvalue weighted by Crippen LogP contribution is -2.33. The fourth-order valence-corrected chi connectivity index (χ4v) is 2.30. The summed E-state index contributed by atoms with van der Waals surface area (Å²) in [5.74, 6) is -0.642. The van der Waals surface area contributed by atoms with Gasteiger partial charge in [0, 0.05) is 0 Å². The molecule has 1 aromatic rings. The van der Waals surface area contributed by atoms with Gasteiger partial charge in [-0.1, -0.05) is 0 Å². The Morgan fingerprint density at radius 2 is 2.32 bits per heavy atom. The van der Waals surface area contributed by atoms with Crippen LogP contribution in [0.1, 0.15) is 10.6 Å². The van der Waals surface area contributed by atoms with Crippen molar-refractivity contribution in [2.75, 3.05) is 13.2 Å². The van der Waals surface area contributed by atoms with E-state index in [1.807, 2.05) is 0 Å². The standard InChI is InChI=1S/C10H14N4O5/c11-9(16)10-12-3-13-14(10)4-19-6-2-18-7-5(15)1-17-8(6)7/h3,5-8,15H,1-2,4H2,(H2,11,16)/t5-,6+,7+,8+/m0/s1. The quantitative estimate of drug-likeness (QED) is 0.641. The summed E-state index contributed by atoms with van der Waals surface area (Å²) >= 11 is 0. The third kappa shape index (κ3) is 2.21. The highest BCUT2D eigenvalue weighted by Crippen LogP contribution is 2.28. The number of carbonyl (C=O) groups is 1. The lowest BCUT2D eigenvalue weighted by molar-refractivity contribution is -0.0646. The number of fused-ring (bicyclic) bond motifs is 1. The number of aromatic nitrogens is 3. The summed E-state index contributed by atoms with van der Waals surface area (Å²) in [7, 11) is 0. The van der Waals surface area contributed by atoms with Crippen molar-refractivity contribution in [3.05, 3.63) is 12.2 Å². The van der Waals surface area contributed by atoms with Crippen molar-refractivity contribution in [3.63, 3.8) is 0 Å². The Bertz CT molecular complexity index is 478. The molecule has 0 aromatic carbocycles. The van der Waals surface area contributed by atoms with Gasteiger partial charge in [0.05, 0.1) is 13.2 Å². The van der Waals surface area contributed by atoms with Crippen LogP contribution in [0.3, 0.4) is 0 Å². The van der Waals surface area contributed by atoms with Crippen LogP contribution in [0.25, 0.3) is 0 Å². The molecule has 1 aromatic heterocycles. The first-order valence-electron chi connectivity index (χ1n) is 5.87. The normalized spacial score (nSPS) is 33.5. The highest BCUT2D eigenvalue weighted by molar-refractivity contribution is 5.88. The second-order valence-electron chi connectivity index (χ2n) is 4.44. The minimum atomic E-state index is -0.672. The summed E-state index contributed by atoms with van der Waals surface area (Å²) in [6.45, 7) is 0.590. The summed E-state index contributed by atoms with van der Waals surface area (Å²) in [4.78, 5) is 14.8. The zero-order valence-electron chi connectivity index (χ0n) is 10.0. The molecule has 2 fully saturated rings. The van der Waals surface area contributed by atoms with Crippen molar-refractivity contribution >= 4 is 5.91 Å². The number of aliphatic hydroxyl groups is 1. The second-order valence-corrected chi connectivity index (χ2v) is 4.44. The first-order chi connectivity index (χ1) is 9.16. The Balaban J connectivity index is 1.61. The number of ether oxygens (including phenoxy) is 3. The topological polar surface area (TPSA) is 122 Å². The summed E-state index contributed by atoms with van der Waals surface area (Å²) in [5.41, 5.74) is 5.15. The lowest BCUT2D eigenvalue weighted by atomic mass is 10.1. The molecule has 9 heteroatoms. The van der Waals surface area contributed by atoms with Gasteiger partial charge in [0.25, 0.3) is 5.91 Å². The molecule has 2 aliphatic heterocycles. The molecule has 0 radical (unpaired) electrons. The Morgan fingerprint density at radius 1 is 1.53 bits per heavy atom. The van der Waals surface area contributed by atoms with Crippen LogP contribution >= 0.6 is 0 Å². The smallest absolute Gasteiger partial charge is 0.286 e. The van der Waals surface area contributed by atoms with E-state index in [0.717, 1.165) is 0 Å². The van der Waals surface area contributed by atoms with Crippen LogP contribution in [-0.2, 0) is 20.9 Å². The highest BCUT2D eigenvalue weighted by atomic mass is 16.6. The molecule has 3 heterocycles. The van der Waals surface area contributed by atoms with E-state index in [4.69, 9.17) is 19.9 Å². The number of hydrogen-bond acceptors (Lipinski definition) is 7. The van der Waals surface area contributed by atoms with Gasteiger partial charge < -0.3 is 25.1 Å². The van der Waals surface area contributed by atoms with Gasteiger partial charge in [0.2, 0.25) is 5.82 Å². The molecule has 0 unspecified atom stereocenters. The number of nitrogens with two attached hydrogens (primary N) is 1. The Labute approximate surface area is 108 Å². The van der Waals surface area contributed by atoms with Crippen LogP contribution < -0.4 is 5.73 Å². The molecular formula is C10H14N4O5. The molecule has 2 aliphatic rings. The van der Waals surface area contributed by atoms with Crippen molar-refractivity contribution in [1.29, 1.82) is 0 Å². The van der Waals surface area contributed by atoms with Crippen molar-refractivity contribution in [2.24, 2.45) is 5.73 Å². The van der Waals surface area contributed by atoms with Crippen LogP contribution in [0.5, 0.6) is 0 Å².